The van der Waals surface area contributed by atoms with Crippen molar-refractivity contribution < 1.29 is 0 Å². The van der Waals surface area contributed by atoms with E-state index < -0.39 is 0 Å². The zero-order chi connectivity index (χ0) is 7.31. The normalized spacial score (nSPS) is 45.8. The molecule has 3 aliphatic carbocycles. The number of hydrogen-bond donors (Lipinski definition) is 0. The molecule has 2 bridgehead atoms. The molecular weight excluding hydrogens is 132 g/mol. The third-order valence-electron chi connectivity index (χ3n) is 4.66. The van der Waals surface area contributed by atoms with Crippen molar-refractivity contribution in [3.05, 3.63) is 0 Å². The molecule has 0 aromatic heterocycles. The first-order valence-electron chi connectivity index (χ1n) is 5.42. The largest absolute Gasteiger partial charge is 0.0527 e. The Morgan fingerprint density at radius 2 is 1.18 bits per heavy atom. The van der Waals surface area contributed by atoms with E-state index in [1.54, 1.807) is 51.4 Å². The van der Waals surface area contributed by atoms with Crippen molar-refractivity contribution >= 4 is 0 Å². The maximum atomic E-state index is 1.60. The van der Waals surface area contributed by atoms with Gasteiger partial charge in [0.25, 0.3) is 0 Å². The first-order valence-corrected chi connectivity index (χ1v) is 5.42. The van der Waals surface area contributed by atoms with Crippen LogP contribution in [0.25, 0.3) is 0 Å². The predicted octanol–water partition coefficient (Wildman–Crippen LogP) is 3.37. The van der Waals surface area contributed by atoms with Crippen molar-refractivity contribution in [1.29, 1.82) is 0 Å². The summed E-state index contributed by atoms with van der Waals surface area (Å²) in [7, 11) is 0. The summed E-state index contributed by atoms with van der Waals surface area (Å²) in [5.41, 5.74) is 0.941. The average Bonchev–Trinajstić information content (AvgIpc) is 2.68. The zero-order valence-electron chi connectivity index (χ0n) is 7.31. The molecule has 1 spiro atoms. The van der Waals surface area contributed by atoms with Gasteiger partial charge in [0.15, 0.2) is 0 Å². The van der Waals surface area contributed by atoms with Crippen LogP contribution in [0.2, 0.25) is 0 Å². The second-order valence-corrected chi connectivity index (χ2v) is 4.99. The molecule has 0 amide bonds. The smallest absolute Gasteiger partial charge is 0.0240 e. The van der Waals surface area contributed by atoms with Gasteiger partial charge in [-0.3, -0.25) is 0 Å². The van der Waals surface area contributed by atoms with E-state index in [1.807, 2.05) is 0 Å². The summed E-state index contributed by atoms with van der Waals surface area (Å²) in [5.74, 6) is 2.35. The van der Waals surface area contributed by atoms with Gasteiger partial charge in [-0.25, -0.2) is 0 Å². The van der Waals surface area contributed by atoms with Crippen LogP contribution in [0.3, 0.4) is 0 Å². The van der Waals surface area contributed by atoms with Crippen LogP contribution < -0.4 is 0 Å². The lowest BCUT2D eigenvalue weighted by atomic mass is 9.62. The molecule has 0 saturated heterocycles. The molecule has 3 aliphatic rings. The molecule has 0 radical (unpaired) electrons. The van der Waals surface area contributed by atoms with Gasteiger partial charge in [-0.2, -0.15) is 0 Å². The van der Waals surface area contributed by atoms with E-state index in [9.17, 15) is 0 Å². The quantitative estimate of drug-likeness (QED) is 0.496. The summed E-state index contributed by atoms with van der Waals surface area (Å²) in [6.45, 7) is 0. The Morgan fingerprint density at radius 1 is 0.727 bits per heavy atom. The maximum Gasteiger partial charge on any atom is -0.0240 e. The standard InChI is InChI=1S/C11H18/c1-3-9-5-2-6-10(4-1)11(9)7-8-11/h9-10H,1-8H2. The Morgan fingerprint density at radius 3 is 1.45 bits per heavy atom. The molecule has 3 saturated carbocycles. The predicted molar refractivity (Wildman–Crippen MR) is 46.3 cm³/mol. The molecule has 0 unspecified atom stereocenters. The lowest BCUT2D eigenvalue weighted by molar-refractivity contribution is 0.0707. The van der Waals surface area contributed by atoms with Crippen LogP contribution in [-0.4, -0.2) is 0 Å². The van der Waals surface area contributed by atoms with E-state index in [0.29, 0.717) is 0 Å². The average molecular weight is 150 g/mol. The molecule has 0 nitrogen and oxygen atoms in total. The molecule has 0 aliphatic heterocycles. The van der Waals surface area contributed by atoms with Crippen molar-refractivity contribution in [2.75, 3.05) is 0 Å². The van der Waals surface area contributed by atoms with Gasteiger partial charge in [0.05, 0.1) is 0 Å². The second-order valence-electron chi connectivity index (χ2n) is 4.99. The molecule has 0 heteroatoms. The Hall–Kier alpha value is 0. The summed E-state index contributed by atoms with van der Waals surface area (Å²) < 4.78 is 0. The fourth-order valence-electron chi connectivity index (χ4n) is 3.95. The SMILES string of the molecule is C1CC2CCCC(C1)C21CC1. The summed E-state index contributed by atoms with van der Waals surface area (Å²) in [6.07, 6.45) is 12.6. The van der Waals surface area contributed by atoms with E-state index in [2.05, 4.69) is 0 Å². The highest BCUT2D eigenvalue weighted by atomic mass is 14.6. The molecule has 62 valence electrons. The first-order chi connectivity index (χ1) is 5.42. The summed E-state index contributed by atoms with van der Waals surface area (Å²) in [4.78, 5) is 0. The first kappa shape index (κ1) is 6.51. The van der Waals surface area contributed by atoms with Crippen LogP contribution in [0.1, 0.15) is 51.4 Å². The van der Waals surface area contributed by atoms with Gasteiger partial charge in [-0.05, 0) is 55.8 Å². The maximum absolute atomic E-state index is 1.60. The Labute approximate surface area is 69.4 Å². The van der Waals surface area contributed by atoms with Crippen LogP contribution in [0, 0.1) is 17.3 Å². The highest BCUT2D eigenvalue weighted by molar-refractivity contribution is 5.06. The van der Waals surface area contributed by atoms with Crippen LogP contribution in [0.15, 0.2) is 0 Å². The van der Waals surface area contributed by atoms with Crippen LogP contribution in [0.5, 0.6) is 0 Å². The summed E-state index contributed by atoms with van der Waals surface area (Å²) in [6, 6.07) is 0. The fraction of sp³-hybridized carbons (Fsp3) is 1.00. The highest BCUT2D eigenvalue weighted by Gasteiger charge is 2.56. The van der Waals surface area contributed by atoms with Crippen LogP contribution >= 0.6 is 0 Å². The van der Waals surface area contributed by atoms with Gasteiger partial charge < -0.3 is 0 Å². The van der Waals surface area contributed by atoms with Gasteiger partial charge in [-0.15, -0.1) is 0 Å². The lowest BCUT2D eigenvalue weighted by Crippen LogP contribution is -2.33. The fourth-order valence-corrected chi connectivity index (χ4v) is 3.95. The highest BCUT2D eigenvalue weighted by Crippen LogP contribution is 2.66. The van der Waals surface area contributed by atoms with Crippen LogP contribution in [0.4, 0.5) is 0 Å². The van der Waals surface area contributed by atoms with Crippen molar-refractivity contribution in [3.63, 3.8) is 0 Å². The van der Waals surface area contributed by atoms with E-state index in [0.717, 1.165) is 5.41 Å². The summed E-state index contributed by atoms with van der Waals surface area (Å²) >= 11 is 0. The van der Waals surface area contributed by atoms with Crippen molar-refractivity contribution in [3.8, 4) is 0 Å². The zero-order valence-corrected chi connectivity index (χ0v) is 7.31. The van der Waals surface area contributed by atoms with Gasteiger partial charge >= 0.3 is 0 Å². The van der Waals surface area contributed by atoms with Crippen molar-refractivity contribution in [2.24, 2.45) is 17.3 Å². The molecule has 0 atom stereocenters. The Bertz CT molecular complexity index is 143. The Balaban J connectivity index is 1.90. The number of hydrogen-bond acceptors (Lipinski definition) is 0. The van der Waals surface area contributed by atoms with Gasteiger partial charge in [-0.1, -0.05) is 12.8 Å². The van der Waals surface area contributed by atoms with Gasteiger partial charge in [0, 0.05) is 0 Å². The van der Waals surface area contributed by atoms with E-state index in [-0.39, 0.29) is 0 Å². The molecule has 0 aromatic carbocycles. The monoisotopic (exact) mass is 150 g/mol. The molecule has 11 heavy (non-hydrogen) atoms. The third kappa shape index (κ3) is 0.761. The number of rotatable bonds is 0. The molecule has 3 fully saturated rings. The molecule has 0 heterocycles. The summed E-state index contributed by atoms with van der Waals surface area (Å²) in [5, 5.41) is 0. The molecule has 3 rings (SSSR count). The van der Waals surface area contributed by atoms with Crippen LogP contribution in [-0.2, 0) is 0 Å². The van der Waals surface area contributed by atoms with E-state index in [1.165, 1.54) is 11.8 Å². The van der Waals surface area contributed by atoms with E-state index in [4.69, 9.17) is 0 Å². The minimum Gasteiger partial charge on any atom is -0.0527 e. The van der Waals surface area contributed by atoms with Crippen molar-refractivity contribution in [2.45, 2.75) is 51.4 Å². The third-order valence-corrected chi connectivity index (χ3v) is 4.66. The minimum atomic E-state index is 0.941. The Kier molecular flexibility index (Phi) is 1.20. The van der Waals surface area contributed by atoms with E-state index >= 15 is 0 Å². The minimum absolute atomic E-state index is 0.941. The molecular formula is C11H18. The molecule has 0 N–H and O–H groups in total. The van der Waals surface area contributed by atoms with Gasteiger partial charge in [0.1, 0.15) is 0 Å². The van der Waals surface area contributed by atoms with Crippen molar-refractivity contribution in [1.82, 2.24) is 0 Å². The van der Waals surface area contributed by atoms with Gasteiger partial charge in [0.2, 0.25) is 0 Å². The lowest BCUT2D eigenvalue weighted by Gasteiger charge is -2.43. The second kappa shape index (κ2) is 2.02. The topological polar surface area (TPSA) is 0 Å². The molecule has 0 aromatic rings.